The number of rotatable bonds is 4. The van der Waals surface area contributed by atoms with Crippen LogP contribution in [-0.2, 0) is 6.42 Å². The van der Waals surface area contributed by atoms with Gasteiger partial charge in [0.1, 0.15) is 10.7 Å². The molecule has 0 saturated carbocycles. The van der Waals surface area contributed by atoms with Gasteiger partial charge in [-0.1, -0.05) is 11.3 Å². The van der Waals surface area contributed by atoms with E-state index in [-0.39, 0.29) is 5.54 Å². The Labute approximate surface area is 125 Å². The Kier molecular flexibility index (Phi) is 4.65. The van der Waals surface area contributed by atoms with E-state index in [0.29, 0.717) is 0 Å². The molecule has 0 aliphatic heterocycles. The van der Waals surface area contributed by atoms with Gasteiger partial charge in [-0.05, 0) is 48.8 Å². The van der Waals surface area contributed by atoms with Gasteiger partial charge in [0.25, 0.3) is 0 Å². The number of aromatic nitrogens is 3. The van der Waals surface area contributed by atoms with E-state index in [2.05, 4.69) is 57.2 Å². The Morgan fingerprint density at radius 3 is 2.79 bits per heavy atom. The van der Waals surface area contributed by atoms with Crippen LogP contribution in [0, 0.1) is 0 Å². The number of nitrogens with zero attached hydrogens (tertiary/aromatic N) is 3. The number of nitrogens with one attached hydrogen (secondary N) is 1. The summed E-state index contributed by atoms with van der Waals surface area (Å²) in [4.78, 5) is 4.33. The molecular formula is C13H17BrN4S. The van der Waals surface area contributed by atoms with E-state index in [0.717, 1.165) is 33.1 Å². The molecular weight excluding hydrogens is 324 g/mol. The highest BCUT2D eigenvalue weighted by atomic mass is 79.9. The molecule has 102 valence electrons. The van der Waals surface area contributed by atoms with Crippen LogP contribution >= 0.6 is 27.3 Å². The van der Waals surface area contributed by atoms with E-state index in [1.165, 1.54) is 0 Å². The second-order valence-electron chi connectivity index (χ2n) is 5.26. The molecule has 0 spiro atoms. The van der Waals surface area contributed by atoms with Gasteiger partial charge in [-0.15, -0.1) is 10.2 Å². The molecule has 0 fully saturated rings. The summed E-state index contributed by atoms with van der Waals surface area (Å²) in [6.45, 7) is 7.37. The van der Waals surface area contributed by atoms with Crippen molar-refractivity contribution in [1.82, 2.24) is 20.5 Å². The minimum Gasteiger partial charge on any atom is -0.312 e. The first-order valence-electron chi connectivity index (χ1n) is 6.14. The maximum Gasteiger partial charge on any atom is 0.167 e. The van der Waals surface area contributed by atoms with Crippen molar-refractivity contribution < 1.29 is 0 Å². The molecule has 4 nitrogen and oxygen atoms in total. The van der Waals surface area contributed by atoms with Crippen molar-refractivity contribution in [3.05, 3.63) is 27.8 Å². The summed E-state index contributed by atoms with van der Waals surface area (Å²) in [5, 5.41) is 13.8. The van der Waals surface area contributed by atoms with Crippen LogP contribution < -0.4 is 5.32 Å². The van der Waals surface area contributed by atoms with Crippen molar-refractivity contribution in [2.75, 3.05) is 6.54 Å². The first-order valence-corrected chi connectivity index (χ1v) is 7.75. The molecule has 0 aliphatic carbocycles. The zero-order valence-corrected chi connectivity index (χ0v) is 13.7. The lowest BCUT2D eigenvalue weighted by atomic mass is 10.1. The predicted octanol–water partition coefficient (Wildman–Crippen LogP) is 3.29. The quantitative estimate of drug-likeness (QED) is 0.927. The van der Waals surface area contributed by atoms with Crippen molar-refractivity contribution in [3.63, 3.8) is 0 Å². The number of hydrogen-bond donors (Lipinski definition) is 1. The van der Waals surface area contributed by atoms with E-state index in [4.69, 9.17) is 0 Å². The molecule has 2 rings (SSSR count). The maximum absolute atomic E-state index is 4.33. The molecule has 19 heavy (non-hydrogen) atoms. The first-order chi connectivity index (χ1) is 8.96. The third-order valence-corrected chi connectivity index (χ3v) is 4.05. The van der Waals surface area contributed by atoms with E-state index in [1.54, 1.807) is 17.5 Å². The molecule has 0 unspecified atom stereocenters. The smallest absolute Gasteiger partial charge is 0.167 e. The van der Waals surface area contributed by atoms with Crippen molar-refractivity contribution in [2.24, 2.45) is 0 Å². The average molecular weight is 341 g/mol. The van der Waals surface area contributed by atoms with E-state index in [9.17, 15) is 0 Å². The SMILES string of the molecule is CC(C)(C)NCCc1nnc(-c2ncccc2Br)s1. The fourth-order valence-corrected chi connectivity index (χ4v) is 2.96. The standard InChI is InChI=1S/C13H17BrN4S/c1-13(2,3)16-8-6-10-17-18-12(19-10)11-9(14)5-4-7-15-11/h4-5,7,16H,6,8H2,1-3H3. The zero-order valence-electron chi connectivity index (χ0n) is 11.3. The van der Waals surface area contributed by atoms with Crippen LogP contribution in [0.1, 0.15) is 25.8 Å². The summed E-state index contributed by atoms with van der Waals surface area (Å²) in [5.41, 5.74) is 0.993. The highest BCUT2D eigenvalue weighted by Crippen LogP contribution is 2.28. The van der Waals surface area contributed by atoms with Gasteiger partial charge < -0.3 is 5.32 Å². The lowest BCUT2D eigenvalue weighted by molar-refractivity contribution is 0.429. The van der Waals surface area contributed by atoms with Crippen LogP contribution in [0.3, 0.4) is 0 Å². The minimum absolute atomic E-state index is 0.136. The van der Waals surface area contributed by atoms with Crippen LogP contribution in [0.15, 0.2) is 22.8 Å². The normalized spacial score (nSPS) is 11.8. The topological polar surface area (TPSA) is 50.7 Å². The monoisotopic (exact) mass is 340 g/mol. The Balaban J connectivity index is 2.02. The maximum atomic E-state index is 4.33. The van der Waals surface area contributed by atoms with Crippen LogP contribution in [-0.4, -0.2) is 27.3 Å². The van der Waals surface area contributed by atoms with Gasteiger partial charge in [-0.3, -0.25) is 4.98 Å². The second kappa shape index (κ2) is 6.07. The summed E-state index contributed by atoms with van der Waals surface area (Å²) in [6, 6.07) is 3.85. The average Bonchev–Trinajstić information content (AvgIpc) is 2.76. The molecule has 1 N–H and O–H groups in total. The first kappa shape index (κ1) is 14.6. The van der Waals surface area contributed by atoms with Gasteiger partial charge in [-0.25, -0.2) is 0 Å². The number of halogens is 1. The fourth-order valence-electron chi connectivity index (χ4n) is 1.54. The van der Waals surface area contributed by atoms with Gasteiger partial charge in [-0.2, -0.15) is 0 Å². The van der Waals surface area contributed by atoms with Crippen molar-refractivity contribution in [1.29, 1.82) is 0 Å². The molecule has 0 atom stereocenters. The molecule has 0 radical (unpaired) electrons. The summed E-state index contributed by atoms with van der Waals surface area (Å²) in [5.74, 6) is 0. The summed E-state index contributed by atoms with van der Waals surface area (Å²) < 4.78 is 0.950. The lowest BCUT2D eigenvalue weighted by Crippen LogP contribution is -2.37. The molecule has 2 aromatic heterocycles. The number of pyridine rings is 1. The van der Waals surface area contributed by atoms with Gasteiger partial charge in [0.05, 0.1) is 0 Å². The fraction of sp³-hybridized carbons (Fsp3) is 0.462. The molecule has 2 heterocycles. The molecule has 2 aromatic rings. The van der Waals surface area contributed by atoms with E-state index >= 15 is 0 Å². The molecule has 0 aromatic carbocycles. The third-order valence-electron chi connectivity index (χ3n) is 2.42. The summed E-state index contributed by atoms with van der Waals surface area (Å²) in [7, 11) is 0. The zero-order chi connectivity index (χ0) is 13.9. The van der Waals surface area contributed by atoms with Crippen molar-refractivity contribution in [2.45, 2.75) is 32.7 Å². The minimum atomic E-state index is 0.136. The van der Waals surface area contributed by atoms with Gasteiger partial charge in [0.2, 0.25) is 0 Å². The highest BCUT2D eigenvalue weighted by molar-refractivity contribution is 9.10. The third kappa shape index (κ3) is 4.33. The predicted molar refractivity (Wildman–Crippen MR) is 82.3 cm³/mol. The summed E-state index contributed by atoms with van der Waals surface area (Å²) in [6.07, 6.45) is 2.65. The van der Waals surface area contributed by atoms with Gasteiger partial charge in [0, 0.05) is 29.2 Å². The van der Waals surface area contributed by atoms with Crippen LogP contribution in [0.25, 0.3) is 10.7 Å². The highest BCUT2D eigenvalue weighted by Gasteiger charge is 2.12. The van der Waals surface area contributed by atoms with Crippen molar-refractivity contribution >= 4 is 27.3 Å². The second-order valence-corrected chi connectivity index (χ2v) is 7.18. The Bertz CT molecular complexity index is 548. The van der Waals surface area contributed by atoms with Crippen LogP contribution in [0.2, 0.25) is 0 Å². The molecule has 0 aliphatic rings. The summed E-state index contributed by atoms with van der Waals surface area (Å²) >= 11 is 5.08. The van der Waals surface area contributed by atoms with E-state index < -0.39 is 0 Å². The lowest BCUT2D eigenvalue weighted by Gasteiger charge is -2.19. The van der Waals surface area contributed by atoms with Crippen LogP contribution in [0.4, 0.5) is 0 Å². The molecule has 0 bridgehead atoms. The molecule has 6 heteroatoms. The van der Waals surface area contributed by atoms with Crippen LogP contribution in [0.5, 0.6) is 0 Å². The van der Waals surface area contributed by atoms with Crippen molar-refractivity contribution in [3.8, 4) is 10.7 Å². The molecule has 0 saturated heterocycles. The number of hydrogen-bond acceptors (Lipinski definition) is 5. The largest absolute Gasteiger partial charge is 0.312 e. The van der Waals surface area contributed by atoms with Gasteiger partial charge >= 0.3 is 0 Å². The van der Waals surface area contributed by atoms with Gasteiger partial charge in [0.15, 0.2) is 5.01 Å². The Morgan fingerprint density at radius 1 is 1.32 bits per heavy atom. The Hall–Kier alpha value is -0.850. The Morgan fingerprint density at radius 2 is 2.11 bits per heavy atom. The van der Waals surface area contributed by atoms with E-state index in [1.807, 2.05) is 12.1 Å². The molecule has 0 amide bonds.